The molecule has 1 aromatic carbocycles. The number of nitrogens with one attached hydrogen (secondary N) is 2. The van der Waals surface area contributed by atoms with E-state index in [1.165, 1.54) is 15.9 Å². The third-order valence-electron chi connectivity index (χ3n) is 4.96. The van der Waals surface area contributed by atoms with Gasteiger partial charge >= 0.3 is 23.8 Å². The fraction of sp³-hybridized carbons (Fsp3) is 0.381. The Balaban J connectivity index is 1.81. The molecular formula is C21H21F5N4O2S2. The second-order valence-corrected chi connectivity index (χ2v) is 10.1. The molecular weight excluding hydrogens is 499 g/mol. The first kappa shape index (κ1) is 25.9. The minimum absolute atomic E-state index is 0.0305. The summed E-state index contributed by atoms with van der Waals surface area (Å²) in [6, 6.07) is 6.37. The molecule has 1 aromatic rings. The van der Waals surface area contributed by atoms with E-state index in [-0.39, 0.29) is 17.3 Å². The third kappa shape index (κ3) is 5.69. The van der Waals surface area contributed by atoms with Crippen molar-refractivity contribution in [1.82, 2.24) is 9.55 Å². The van der Waals surface area contributed by atoms with Gasteiger partial charge in [0.05, 0.1) is 4.21 Å². The third-order valence-corrected chi connectivity index (χ3v) is 7.49. The van der Waals surface area contributed by atoms with E-state index in [0.29, 0.717) is 15.6 Å². The summed E-state index contributed by atoms with van der Waals surface area (Å²) < 4.78 is 65.3. The fourth-order valence-corrected chi connectivity index (χ4v) is 5.47. The van der Waals surface area contributed by atoms with Crippen LogP contribution in [0.3, 0.4) is 0 Å². The van der Waals surface area contributed by atoms with Crippen LogP contribution in [0.2, 0.25) is 0 Å². The molecule has 2 heterocycles. The Bertz CT molecular complexity index is 1210. The van der Waals surface area contributed by atoms with E-state index in [1.807, 2.05) is 19.1 Å². The summed E-state index contributed by atoms with van der Waals surface area (Å²) in [5, 5.41) is 5.16. The van der Waals surface area contributed by atoms with Crippen LogP contribution in [0.4, 0.5) is 38.3 Å². The molecule has 6 nitrogen and oxygen atoms in total. The van der Waals surface area contributed by atoms with E-state index >= 15 is 0 Å². The van der Waals surface area contributed by atoms with Crippen molar-refractivity contribution in [3.05, 3.63) is 50.9 Å². The molecule has 2 amide bonds. The zero-order chi connectivity index (χ0) is 25.3. The molecule has 13 heteroatoms. The van der Waals surface area contributed by atoms with Crippen molar-refractivity contribution in [2.75, 3.05) is 16.4 Å². The van der Waals surface area contributed by atoms with Gasteiger partial charge in [0.25, 0.3) is 0 Å². The number of rotatable bonds is 7. The van der Waals surface area contributed by atoms with Crippen molar-refractivity contribution in [3.8, 4) is 5.69 Å². The minimum Gasteiger partial charge on any atom is -0.308 e. The second kappa shape index (κ2) is 9.90. The number of urea groups is 1. The van der Waals surface area contributed by atoms with Crippen molar-refractivity contribution >= 4 is 40.6 Å². The monoisotopic (exact) mass is 520 g/mol. The van der Waals surface area contributed by atoms with E-state index in [9.17, 15) is 31.5 Å². The van der Waals surface area contributed by atoms with Gasteiger partial charge in [0.1, 0.15) is 5.69 Å². The predicted molar refractivity (Wildman–Crippen MR) is 123 cm³/mol. The number of imidazole rings is 1. The molecule has 0 atom stereocenters. The van der Waals surface area contributed by atoms with Gasteiger partial charge < -0.3 is 5.32 Å². The highest BCUT2D eigenvalue weighted by atomic mass is 32.2. The van der Waals surface area contributed by atoms with E-state index in [0.717, 1.165) is 22.2 Å². The van der Waals surface area contributed by atoms with Crippen LogP contribution in [0.15, 0.2) is 33.3 Å². The number of aryl methyl sites for hydroxylation is 2. The maximum Gasteiger partial charge on any atom is 0.453 e. The molecule has 0 aromatic heterocycles. The van der Waals surface area contributed by atoms with Gasteiger partial charge in [-0.15, -0.1) is 23.1 Å². The number of carbonyl (C=O) groups is 1. The maximum absolute atomic E-state index is 13.2. The molecule has 0 spiro atoms. The highest BCUT2D eigenvalue weighted by molar-refractivity contribution is 8.01. The highest BCUT2D eigenvalue weighted by Gasteiger charge is 2.56. The average molecular weight is 521 g/mol. The van der Waals surface area contributed by atoms with Gasteiger partial charge in [-0.1, -0.05) is 17.7 Å². The van der Waals surface area contributed by atoms with E-state index in [4.69, 9.17) is 0 Å². The molecule has 2 N–H and O–H groups in total. The molecule has 34 heavy (non-hydrogen) atoms. The lowest BCUT2D eigenvalue weighted by molar-refractivity contribution is -0.284. The van der Waals surface area contributed by atoms with Crippen molar-refractivity contribution in [2.24, 2.45) is 0 Å². The summed E-state index contributed by atoms with van der Waals surface area (Å²) in [5.41, 5.74) is 1.73. The van der Waals surface area contributed by atoms with Crippen LogP contribution in [0, 0.1) is 20.8 Å². The van der Waals surface area contributed by atoms with Gasteiger partial charge in [-0.3, -0.25) is 9.88 Å². The van der Waals surface area contributed by atoms with Crippen molar-refractivity contribution in [3.63, 3.8) is 0 Å². The number of benzene rings is 1. The molecule has 2 aliphatic rings. The molecule has 0 saturated heterocycles. The number of fused-ring (bicyclic) bond motifs is 1. The number of carbonyl (C=O) groups excluding carboxylic acids is 1. The topological polar surface area (TPSA) is 76.0 Å². The Morgan fingerprint density at radius 2 is 1.74 bits per heavy atom. The first-order chi connectivity index (χ1) is 15.8. The van der Waals surface area contributed by atoms with Gasteiger partial charge in [0.15, 0.2) is 5.82 Å². The molecule has 0 radical (unpaired) electrons. The second-order valence-electron chi connectivity index (χ2n) is 7.56. The summed E-state index contributed by atoms with van der Waals surface area (Å²) in [6.07, 6.45) is -7.34. The Kier molecular flexibility index (Phi) is 7.56. The number of aromatic nitrogens is 2. The molecule has 3 rings (SSSR count). The average Bonchev–Trinajstić information content (AvgIpc) is 3.05. The van der Waals surface area contributed by atoms with Crippen LogP contribution < -0.4 is 16.3 Å². The predicted octanol–water partition coefficient (Wildman–Crippen LogP) is 6.37. The Labute approximate surface area is 199 Å². The first-order valence-corrected chi connectivity index (χ1v) is 11.8. The quantitative estimate of drug-likeness (QED) is 0.216. The van der Waals surface area contributed by atoms with E-state index in [1.54, 1.807) is 26.0 Å². The summed E-state index contributed by atoms with van der Waals surface area (Å²) in [7, 11) is 0. The first-order valence-electron chi connectivity index (χ1n) is 10.0. The largest absolute Gasteiger partial charge is 0.453 e. The number of anilines is 2. The smallest absolute Gasteiger partial charge is 0.308 e. The van der Waals surface area contributed by atoms with Gasteiger partial charge in [-0.2, -0.15) is 26.9 Å². The lowest BCUT2D eigenvalue weighted by atomic mass is 10.2. The van der Waals surface area contributed by atoms with Crippen molar-refractivity contribution in [1.29, 1.82) is 0 Å². The highest BCUT2D eigenvalue weighted by Crippen LogP contribution is 2.41. The van der Waals surface area contributed by atoms with Crippen LogP contribution in [0.25, 0.3) is 5.69 Å². The number of halogens is 5. The molecule has 0 aliphatic carbocycles. The summed E-state index contributed by atoms with van der Waals surface area (Å²) in [4.78, 5) is 29.7. The lowest BCUT2D eigenvalue weighted by Gasteiger charge is -2.19. The Morgan fingerprint density at radius 3 is 2.35 bits per heavy atom. The number of alkyl halides is 5. The molecule has 0 saturated carbocycles. The number of amides is 2. The Hall–Kier alpha value is -2.67. The Morgan fingerprint density at radius 1 is 1.09 bits per heavy atom. The molecule has 2 aliphatic heterocycles. The zero-order valence-corrected chi connectivity index (χ0v) is 20.0. The standard InChI is InChI=1S/C21H21F5N4O2S2/c1-11-5-7-14(8-6-11)27-18(31)28-16-15-17(33-10-4-9-20(22,23)21(24,25)26)34-13(3)12(2)30(15)19(32)29-16/h5-8H,4,9-10H2,1-3H3,(H2,27,28,29,31,32). The number of nitrogens with zero attached hydrogens (tertiary/aromatic N) is 2. The van der Waals surface area contributed by atoms with Crippen LogP contribution in [-0.2, 0) is 0 Å². The lowest BCUT2D eigenvalue weighted by Crippen LogP contribution is -2.36. The number of thioether (sulfide) groups is 1. The van der Waals surface area contributed by atoms with Crippen LogP contribution >= 0.6 is 23.1 Å². The minimum atomic E-state index is -5.60. The van der Waals surface area contributed by atoms with Gasteiger partial charge in [-0.25, -0.2) is 9.59 Å². The van der Waals surface area contributed by atoms with Crippen LogP contribution in [0.1, 0.15) is 29.0 Å². The molecule has 0 unspecified atom stereocenters. The maximum atomic E-state index is 13.2. The van der Waals surface area contributed by atoms with Crippen LogP contribution in [-0.4, -0.2) is 33.4 Å². The summed E-state index contributed by atoms with van der Waals surface area (Å²) in [5.74, 6) is -4.85. The van der Waals surface area contributed by atoms with E-state index < -0.39 is 36.7 Å². The van der Waals surface area contributed by atoms with Crippen molar-refractivity contribution in [2.45, 2.75) is 49.9 Å². The van der Waals surface area contributed by atoms with Gasteiger partial charge in [0.2, 0.25) is 0 Å². The number of hydrogen-bond donors (Lipinski definition) is 2. The molecule has 0 bridgehead atoms. The normalized spacial score (nSPS) is 12.2. The molecule has 0 fully saturated rings. The molecule has 184 valence electrons. The fourth-order valence-electron chi connectivity index (χ4n) is 3.01. The summed E-state index contributed by atoms with van der Waals surface area (Å²) >= 11 is 2.27. The van der Waals surface area contributed by atoms with Crippen LogP contribution in [0.5, 0.6) is 0 Å². The number of hydrogen-bond acceptors (Lipinski definition) is 5. The summed E-state index contributed by atoms with van der Waals surface area (Å²) in [6.45, 7) is 5.33. The zero-order valence-electron chi connectivity index (χ0n) is 18.3. The van der Waals surface area contributed by atoms with Gasteiger partial charge in [-0.05, 0) is 45.1 Å². The van der Waals surface area contributed by atoms with Crippen molar-refractivity contribution < 1.29 is 26.7 Å². The van der Waals surface area contributed by atoms with E-state index in [2.05, 4.69) is 15.6 Å². The SMILES string of the molecule is Cc1ccc(NC(=O)Nc2nc(=O)n3c(C)c(C)sc(SCCCC(F)(F)C(F)(F)F)c2-3)cc1. The van der Waals surface area contributed by atoms with Gasteiger partial charge in [0, 0.05) is 22.7 Å².